The van der Waals surface area contributed by atoms with Crippen LogP contribution in [-0.4, -0.2) is 24.5 Å². The largest absolute Gasteiger partial charge is 0.497 e. The van der Waals surface area contributed by atoms with Gasteiger partial charge in [0.1, 0.15) is 16.4 Å². The van der Waals surface area contributed by atoms with E-state index >= 15 is 0 Å². The van der Waals surface area contributed by atoms with E-state index in [1.54, 1.807) is 7.11 Å². The zero-order valence-electron chi connectivity index (χ0n) is 12.0. The normalized spacial score (nSPS) is 10.2. The van der Waals surface area contributed by atoms with Gasteiger partial charge in [0.05, 0.1) is 7.11 Å². The Kier molecular flexibility index (Phi) is 4.99. The number of ether oxygens (including phenoxy) is 1. The summed E-state index contributed by atoms with van der Waals surface area (Å²) in [4.78, 5) is 16.7. The van der Waals surface area contributed by atoms with Gasteiger partial charge in [0, 0.05) is 13.1 Å². The summed E-state index contributed by atoms with van der Waals surface area (Å²) < 4.78 is 5.15. The smallest absolute Gasteiger partial charge is 0.265 e. The first-order valence-electron chi connectivity index (χ1n) is 6.55. The highest BCUT2D eigenvalue weighted by molar-refractivity contribution is 7.18. The molecule has 0 radical (unpaired) electrons. The molecular formula is C14H18N4O2S. The van der Waals surface area contributed by atoms with Gasteiger partial charge in [-0.25, -0.2) is 4.98 Å². The summed E-state index contributed by atoms with van der Waals surface area (Å²) in [5.74, 6) is 0.782. The summed E-state index contributed by atoms with van der Waals surface area (Å²) in [7, 11) is 1.61. The molecule has 2 rings (SSSR count). The molecule has 0 unspecified atom stereocenters. The number of nitrogen functional groups attached to an aromatic ring is 1. The molecule has 2 aromatic rings. The number of hydrogen-bond acceptors (Lipinski definition) is 6. The first-order chi connectivity index (χ1) is 10.1. The first kappa shape index (κ1) is 15.1. The SMILES string of the molecule is CCNc1nc(N)c(C(=O)NCc2cccc(OC)c2)s1. The van der Waals surface area contributed by atoms with Crippen molar-refractivity contribution >= 4 is 28.2 Å². The molecule has 1 heterocycles. The minimum atomic E-state index is -0.225. The summed E-state index contributed by atoms with van der Waals surface area (Å²) in [5, 5.41) is 6.53. The van der Waals surface area contributed by atoms with Crippen molar-refractivity contribution < 1.29 is 9.53 Å². The van der Waals surface area contributed by atoms with Crippen LogP contribution in [0.4, 0.5) is 10.9 Å². The molecule has 0 fully saturated rings. The average molecular weight is 306 g/mol. The van der Waals surface area contributed by atoms with Crippen LogP contribution >= 0.6 is 11.3 Å². The van der Waals surface area contributed by atoms with E-state index in [9.17, 15) is 4.79 Å². The minimum Gasteiger partial charge on any atom is -0.497 e. The van der Waals surface area contributed by atoms with Crippen LogP contribution in [0.1, 0.15) is 22.2 Å². The van der Waals surface area contributed by atoms with Crippen LogP contribution in [-0.2, 0) is 6.54 Å². The molecule has 1 amide bonds. The quantitative estimate of drug-likeness (QED) is 0.760. The van der Waals surface area contributed by atoms with Crippen LogP contribution in [0, 0.1) is 0 Å². The standard InChI is InChI=1S/C14H18N4O2S/c1-3-16-14-18-12(15)11(21-14)13(19)17-8-9-5-4-6-10(7-9)20-2/h4-7H,3,8,15H2,1-2H3,(H,16,18)(H,17,19). The Hall–Kier alpha value is -2.28. The van der Waals surface area contributed by atoms with Crippen molar-refractivity contribution in [1.29, 1.82) is 0 Å². The molecule has 112 valence electrons. The molecule has 0 saturated carbocycles. The zero-order valence-corrected chi connectivity index (χ0v) is 12.8. The molecule has 6 nitrogen and oxygen atoms in total. The number of nitrogens with zero attached hydrogens (tertiary/aromatic N) is 1. The number of nitrogens with two attached hydrogens (primary N) is 1. The number of nitrogens with one attached hydrogen (secondary N) is 2. The number of amides is 1. The predicted octanol–water partition coefficient (Wildman–Crippen LogP) is 2.10. The van der Waals surface area contributed by atoms with Crippen molar-refractivity contribution in [2.45, 2.75) is 13.5 Å². The number of methoxy groups -OCH3 is 1. The maximum Gasteiger partial charge on any atom is 0.265 e. The lowest BCUT2D eigenvalue weighted by Crippen LogP contribution is -2.22. The second-order valence-electron chi connectivity index (χ2n) is 4.30. The van der Waals surface area contributed by atoms with Gasteiger partial charge in [-0.05, 0) is 24.6 Å². The van der Waals surface area contributed by atoms with E-state index in [1.807, 2.05) is 31.2 Å². The van der Waals surface area contributed by atoms with Crippen molar-refractivity contribution in [3.8, 4) is 5.75 Å². The van der Waals surface area contributed by atoms with Gasteiger partial charge in [-0.3, -0.25) is 4.79 Å². The van der Waals surface area contributed by atoms with Gasteiger partial charge in [-0.2, -0.15) is 0 Å². The van der Waals surface area contributed by atoms with Crippen LogP contribution in [0.5, 0.6) is 5.75 Å². The molecule has 0 saturated heterocycles. The maximum atomic E-state index is 12.1. The molecule has 4 N–H and O–H groups in total. The topological polar surface area (TPSA) is 89.3 Å². The Morgan fingerprint density at radius 2 is 2.29 bits per heavy atom. The molecule has 21 heavy (non-hydrogen) atoms. The highest BCUT2D eigenvalue weighted by Crippen LogP contribution is 2.24. The highest BCUT2D eigenvalue weighted by atomic mass is 32.1. The summed E-state index contributed by atoms with van der Waals surface area (Å²) in [6.45, 7) is 3.10. The fourth-order valence-electron chi connectivity index (χ4n) is 1.77. The summed E-state index contributed by atoms with van der Waals surface area (Å²) in [5.41, 5.74) is 6.72. The Balaban J connectivity index is 2.01. The Morgan fingerprint density at radius 3 is 3.00 bits per heavy atom. The highest BCUT2D eigenvalue weighted by Gasteiger charge is 2.15. The number of aromatic nitrogens is 1. The van der Waals surface area contributed by atoms with Crippen molar-refractivity contribution in [3.63, 3.8) is 0 Å². The van der Waals surface area contributed by atoms with E-state index < -0.39 is 0 Å². The van der Waals surface area contributed by atoms with E-state index in [0.717, 1.165) is 17.9 Å². The van der Waals surface area contributed by atoms with Crippen molar-refractivity contribution in [1.82, 2.24) is 10.3 Å². The van der Waals surface area contributed by atoms with Gasteiger partial charge in [0.25, 0.3) is 5.91 Å². The molecule has 1 aromatic carbocycles. The number of rotatable bonds is 6. The lowest BCUT2D eigenvalue weighted by Gasteiger charge is -2.06. The molecule has 7 heteroatoms. The lowest BCUT2D eigenvalue weighted by atomic mass is 10.2. The Morgan fingerprint density at radius 1 is 1.48 bits per heavy atom. The van der Waals surface area contributed by atoms with E-state index in [1.165, 1.54) is 11.3 Å². The van der Waals surface area contributed by atoms with Gasteiger partial charge in [-0.1, -0.05) is 23.5 Å². The minimum absolute atomic E-state index is 0.225. The number of carbonyl (C=O) groups is 1. The van der Waals surface area contributed by atoms with E-state index in [-0.39, 0.29) is 11.7 Å². The van der Waals surface area contributed by atoms with Gasteiger partial charge < -0.3 is 21.1 Å². The molecular weight excluding hydrogens is 288 g/mol. The summed E-state index contributed by atoms with van der Waals surface area (Å²) >= 11 is 1.25. The van der Waals surface area contributed by atoms with E-state index in [4.69, 9.17) is 10.5 Å². The van der Waals surface area contributed by atoms with Gasteiger partial charge in [0.2, 0.25) is 0 Å². The van der Waals surface area contributed by atoms with Crippen molar-refractivity contribution in [3.05, 3.63) is 34.7 Å². The second-order valence-corrected chi connectivity index (χ2v) is 5.30. The fraction of sp³-hybridized carbons (Fsp3) is 0.286. The molecule has 0 aliphatic rings. The molecule has 1 aromatic heterocycles. The first-order valence-corrected chi connectivity index (χ1v) is 7.37. The fourth-order valence-corrected chi connectivity index (χ4v) is 2.64. The van der Waals surface area contributed by atoms with E-state index in [0.29, 0.717) is 16.6 Å². The number of benzene rings is 1. The molecule has 0 atom stereocenters. The lowest BCUT2D eigenvalue weighted by molar-refractivity contribution is 0.0955. The van der Waals surface area contributed by atoms with E-state index in [2.05, 4.69) is 15.6 Å². The molecule has 0 bridgehead atoms. The third-order valence-corrected chi connectivity index (χ3v) is 3.80. The molecule has 0 spiro atoms. The van der Waals surface area contributed by atoms with Crippen LogP contribution in [0.15, 0.2) is 24.3 Å². The maximum absolute atomic E-state index is 12.1. The summed E-state index contributed by atoms with van der Waals surface area (Å²) in [6.07, 6.45) is 0. The predicted molar refractivity (Wildman–Crippen MR) is 84.9 cm³/mol. The third kappa shape index (κ3) is 3.85. The monoisotopic (exact) mass is 306 g/mol. The average Bonchev–Trinajstić information content (AvgIpc) is 2.86. The zero-order chi connectivity index (χ0) is 15.2. The summed E-state index contributed by atoms with van der Waals surface area (Å²) in [6, 6.07) is 7.53. The van der Waals surface area contributed by atoms with Gasteiger partial charge in [-0.15, -0.1) is 0 Å². The van der Waals surface area contributed by atoms with Crippen molar-refractivity contribution in [2.24, 2.45) is 0 Å². The molecule has 0 aliphatic carbocycles. The van der Waals surface area contributed by atoms with Crippen LogP contribution in [0.25, 0.3) is 0 Å². The Bertz CT molecular complexity index is 627. The van der Waals surface area contributed by atoms with Crippen molar-refractivity contribution in [2.75, 3.05) is 24.7 Å². The van der Waals surface area contributed by atoms with Crippen LogP contribution < -0.4 is 21.1 Å². The number of carbonyl (C=O) groups excluding carboxylic acids is 1. The third-order valence-electron chi connectivity index (χ3n) is 2.77. The number of anilines is 2. The van der Waals surface area contributed by atoms with Gasteiger partial charge >= 0.3 is 0 Å². The number of thiazole rings is 1. The van der Waals surface area contributed by atoms with Gasteiger partial charge in [0.15, 0.2) is 5.13 Å². The Labute approximate surface area is 127 Å². The molecule has 0 aliphatic heterocycles. The second kappa shape index (κ2) is 6.94. The van der Waals surface area contributed by atoms with Crippen LogP contribution in [0.3, 0.4) is 0 Å². The van der Waals surface area contributed by atoms with Crippen LogP contribution in [0.2, 0.25) is 0 Å². The number of hydrogen-bond donors (Lipinski definition) is 3.